The molecule has 0 saturated heterocycles. The van der Waals surface area contributed by atoms with Crippen molar-refractivity contribution < 1.29 is 18.3 Å². The molecule has 0 aromatic carbocycles. The lowest BCUT2D eigenvalue weighted by molar-refractivity contribution is -0.0998. The van der Waals surface area contributed by atoms with Gasteiger partial charge in [0, 0.05) is 20.8 Å². The Morgan fingerprint density at radius 3 is 2.00 bits per heavy atom. The maximum atomic E-state index is 5.41. The van der Waals surface area contributed by atoms with Crippen molar-refractivity contribution in [2.45, 2.75) is 12.3 Å². The van der Waals surface area contributed by atoms with E-state index in [1.807, 2.05) is 24.3 Å². The van der Waals surface area contributed by atoms with Crippen molar-refractivity contribution in [3.05, 3.63) is 48.3 Å². The van der Waals surface area contributed by atoms with Gasteiger partial charge in [-0.1, -0.05) is 0 Å². The van der Waals surface area contributed by atoms with Gasteiger partial charge in [-0.05, 0) is 24.3 Å². The van der Waals surface area contributed by atoms with Crippen molar-refractivity contribution in [1.82, 2.24) is 5.32 Å². The molecular formula is C13H17NO4. The maximum absolute atomic E-state index is 5.41. The minimum atomic E-state index is -0.308. The molecule has 2 aromatic heterocycles. The summed E-state index contributed by atoms with van der Waals surface area (Å²) in [6, 6.07) is 7.33. The predicted octanol–water partition coefficient (Wildman–Crippen LogP) is 2.17. The zero-order valence-corrected chi connectivity index (χ0v) is 10.5. The van der Waals surface area contributed by atoms with E-state index >= 15 is 0 Å². The Kier molecular flexibility index (Phi) is 4.58. The first-order valence-electron chi connectivity index (χ1n) is 5.71. The molecule has 0 unspecified atom stereocenters. The highest BCUT2D eigenvalue weighted by atomic mass is 16.7. The van der Waals surface area contributed by atoms with Crippen LogP contribution in [0, 0.1) is 0 Å². The van der Waals surface area contributed by atoms with Crippen LogP contribution in [0.25, 0.3) is 0 Å². The van der Waals surface area contributed by atoms with E-state index in [9.17, 15) is 0 Å². The number of rotatable bonds is 7. The Bertz CT molecular complexity index is 386. The Morgan fingerprint density at radius 1 is 1.06 bits per heavy atom. The summed E-state index contributed by atoms with van der Waals surface area (Å²) < 4.78 is 21.1. The molecule has 2 aromatic rings. The zero-order chi connectivity index (χ0) is 12.8. The normalized spacial score (nSPS) is 11.6. The summed E-state index contributed by atoms with van der Waals surface area (Å²) in [6.45, 7) is 0.527. The molecule has 0 radical (unpaired) electrons. The summed E-state index contributed by atoms with van der Waals surface area (Å²) in [5.74, 6) is 1.58. The molecule has 5 heteroatoms. The maximum Gasteiger partial charge on any atom is 0.169 e. The van der Waals surface area contributed by atoms with Crippen molar-refractivity contribution >= 4 is 0 Å². The van der Waals surface area contributed by atoms with Gasteiger partial charge in [-0.25, -0.2) is 0 Å². The summed E-state index contributed by atoms with van der Waals surface area (Å²) in [7, 11) is 3.20. The number of methoxy groups -OCH3 is 2. The largest absolute Gasteiger partial charge is 0.467 e. The van der Waals surface area contributed by atoms with E-state index in [2.05, 4.69) is 5.32 Å². The van der Waals surface area contributed by atoms with E-state index in [0.717, 1.165) is 11.5 Å². The Hall–Kier alpha value is -1.56. The fourth-order valence-electron chi connectivity index (χ4n) is 1.73. The van der Waals surface area contributed by atoms with Crippen LogP contribution in [-0.4, -0.2) is 27.1 Å². The van der Waals surface area contributed by atoms with Gasteiger partial charge in [0.15, 0.2) is 6.29 Å². The van der Waals surface area contributed by atoms with Gasteiger partial charge in [0.05, 0.1) is 12.5 Å². The van der Waals surface area contributed by atoms with Crippen LogP contribution < -0.4 is 5.32 Å². The third-order valence-electron chi connectivity index (χ3n) is 2.67. The summed E-state index contributed by atoms with van der Waals surface area (Å²) in [6.07, 6.45) is 2.96. The van der Waals surface area contributed by atoms with E-state index in [-0.39, 0.29) is 12.3 Å². The second kappa shape index (κ2) is 6.39. The molecule has 2 heterocycles. The molecule has 5 nitrogen and oxygen atoms in total. The lowest BCUT2D eigenvalue weighted by atomic mass is 10.1. The summed E-state index contributed by atoms with van der Waals surface area (Å²) in [5.41, 5.74) is 0. The van der Waals surface area contributed by atoms with Crippen LogP contribution in [-0.2, 0) is 9.47 Å². The fourth-order valence-corrected chi connectivity index (χ4v) is 1.73. The van der Waals surface area contributed by atoms with Gasteiger partial charge in [-0.2, -0.15) is 0 Å². The number of hydrogen-bond acceptors (Lipinski definition) is 5. The van der Waals surface area contributed by atoms with Crippen LogP contribution in [0.2, 0.25) is 0 Å². The van der Waals surface area contributed by atoms with E-state index < -0.39 is 0 Å². The number of hydrogen-bond donors (Lipinski definition) is 1. The summed E-state index contributed by atoms with van der Waals surface area (Å²) in [4.78, 5) is 0. The Balaban J connectivity index is 2.07. The SMILES string of the molecule is COC(CNC(c1ccco1)c1ccco1)OC. The van der Waals surface area contributed by atoms with Crippen LogP contribution in [0.15, 0.2) is 45.6 Å². The van der Waals surface area contributed by atoms with Gasteiger partial charge >= 0.3 is 0 Å². The standard InChI is InChI=1S/C13H17NO4/c1-15-12(16-2)9-14-13(10-5-3-7-17-10)11-6-4-8-18-11/h3-8,12-14H,9H2,1-2H3. The fraction of sp³-hybridized carbons (Fsp3) is 0.385. The van der Waals surface area contributed by atoms with E-state index in [1.54, 1.807) is 26.7 Å². The van der Waals surface area contributed by atoms with Gasteiger partial charge in [0.25, 0.3) is 0 Å². The molecule has 0 aliphatic heterocycles. The minimum absolute atomic E-state index is 0.150. The number of nitrogens with one attached hydrogen (secondary N) is 1. The summed E-state index contributed by atoms with van der Waals surface area (Å²) in [5, 5.41) is 3.29. The van der Waals surface area contributed by atoms with Crippen molar-refractivity contribution in [3.8, 4) is 0 Å². The third-order valence-corrected chi connectivity index (χ3v) is 2.67. The van der Waals surface area contributed by atoms with E-state index in [1.165, 1.54) is 0 Å². The second-order valence-electron chi connectivity index (χ2n) is 3.77. The molecule has 0 fully saturated rings. The molecule has 18 heavy (non-hydrogen) atoms. The molecule has 0 aliphatic rings. The Morgan fingerprint density at radius 2 is 1.61 bits per heavy atom. The van der Waals surface area contributed by atoms with Crippen LogP contribution in [0.4, 0.5) is 0 Å². The topological polar surface area (TPSA) is 56.8 Å². The minimum Gasteiger partial charge on any atom is -0.467 e. The Labute approximate surface area is 106 Å². The molecule has 0 atom stereocenters. The zero-order valence-electron chi connectivity index (χ0n) is 10.5. The highest BCUT2D eigenvalue weighted by Gasteiger charge is 2.20. The van der Waals surface area contributed by atoms with Gasteiger partial charge < -0.3 is 18.3 Å². The first-order chi connectivity index (χ1) is 8.85. The molecule has 1 N–H and O–H groups in total. The molecule has 2 rings (SSSR count). The quantitative estimate of drug-likeness (QED) is 0.764. The van der Waals surface area contributed by atoms with E-state index in [4.69, 9.17) is 18.3 Å². The highest BCUT2D eigenvalue weighted by molar-refractivity contribution is 5.17. The molecule has 0 saturated carbocycles. The monoisotopic (exact) mass is 251 g/mol. The van der Waals surface area contributed by atoms with Crippen LogP contribution >= 0.6 is 0 Å². The summed E-state index contributed by atoms with van der Waals surface area (Å²) >= 11 is 0. The average molecular weight is 251 g/mol. The average Bonchev–Trinajstić information content (AvgIpc) is 3.07. The molecule has 0 bridgehead atoms. The van der Waals surface area contributed by atoms with Crippen LogP contribution in [0.1, 0.15) is 17.6 Å². The van der Waals surface area contributed by atoms with Crippen molar-refractivity contribution in [3.63, 3.8) is 0 Å². The smallest absolute Gasteiger partial charge is 0.169 e. The van der Waals surface area contributed by atoms with Gasteiger partial charge in [-0.3, -0.25) is 5.32 Å². The van der Waals surface area contributed by atoms with Crippen LogP contribution in [0.3, 0.4) is 0 Å². The van der Waals surface area contributed by atoms with Crippen molar-refractivity contribution in [1.29, 1.82) is 0 Å². The molecule has 98 valence electrons. The van der Waals surface area contributed by atoms with Crippen LogP contribution in [0.5, 0.6) is 0 Å². The van der Waals surface area contributed by atoms with Crippen molar-refractivity contribution in [2.24, 2.45) is 0 Å². The predicted molar refractivity (Wildman–Crippen MR) is 65.1 cm³/mol. The number of ether oxygens (including phenoxy) is 2. The third kappa shape index (κ3) is 3.01. The first kappa shape index (κ1) is 12.9. The highest BCUT2D eigenvalue weighted by Crippen LogP contribution is 2.22. The molecule has 0 aliphatic carbocycles. The van der Waals surface area contributed by atoms with Gasteiger partial charge in [0.1, 0.15) is 17.6 Å². The van der Waals surface area contributed by atoms with Crippen molar-refractivity contribution in [2.75, 3.05) is 20.8 Å². The second-order valence-corrected chi connectivity index (χ2v) is 3.77. The lowest BCUT2D eigenvalue weighted by Gasteiger charge is -2.18. The first-order valence-corrected chi connectivity index (χ1v) is 5.71. The molecule has 0 amide bonds. The number of furan rings is 2. The molecular weight excluding hydrogens is 234 g/mol. The lowest BCUT2D eigenvalue weighted by Crippen LogP contribution is -2.32. The van der Waals surface area contributed by atoms with Gasteiger partial charge in [0.2, 0.25) is 0 Å². The van der Waals surface area contributed by atoms with Gasteiger partial charge in [-0.15, -0.1) is 0 Å². The molecule has 0 spiro atoms. The van der Waals surface area contributed by atoms with E-state index in [0.29, 0.717) is 6.54 Å².